The summed E-state index contributed by atoms with van der Waals surface area (Å²) in [6.07, 6.45) is 0. The maximum atomic E-state index is 9.59. The van der Waals surface area contributed by atoms with Crippen LogP contribution in [0.1, 0.15) is 11.1 Å². The number of fused-ring (bicyclic) bond motifs is 6. The predicted octanol–water partition coefficient (Wildman–Crippen LogP) is 11.1. The number of hydrogen-bond acceptors (Lipinski definition) is 3. The molecule has 0 aliphatic heterocycles. The van der Waals surface area contributed by atoms with Crippen molar-refractivity contribution >= 4 is 60.7 Å². The minimum atomic E-state index is 0.591. The molecule has 0 unspecified atom stereocenters. The first-order chi connectivity index (χ1) is 24.2. The molecule has 49 heavy (non-hydrogen) atoms. The number of aromatic nitrogens is 2. The van der Waals surface area contributed by atoms with Crippen LogP contribution in [0.15, 0.2) is 164 Å². The topological polar surface area (TPSA) is 60.7 Å². The van der Waals surface area contributed by atoms with Gasteiger partial charge in [-0.05, 0) is 91.0 Å². The van der Waals surface area contributed by atoms with Crippen molar-refractivity contribution in [3.05, 3.63) is 175 Å². The summed E-state index contributed by atoms with van der Waals surface area (Å²) in [5.41, 5.74) is 10.4. The second-order valence-electron chi connectivity index (χ2n) is 12.1. The van der Waals surface area contributed by atoms with E-state index in [1.807, 2.05) is 48.5 Å². The van der Waals surface area contributed by atoms with Gasteiger partial charge in [-0.15, -0.1) is 0 Å². The van der Waals surface area contributed by atoms with Crippen LogP contribution in [0.3, 0.4) is 0 Å². The standard InChI is InChI=1S/C44H27N5/c45-28-30-17-21-32(22-18-30)47(33-23-19-31(29-46)20-24-33)34-25-35(48-41-13-5-1-9-37(41)38-10-2-6-14-42(38)48)27-36(26-34)49-43-15-7-3-11-39(43)40-12-4-8-16-44(40)49/h1-27H. The van der Waals surface area contributed by atoms with E-state index in [0.29, 0.717) is 11.1 Å². The van der Waals surface area contributed by atoms with Crippen molar-refractivity contribution in [1.82, 2.24) is 9.13 Å². The summed E-state index contributed by atoms with van der Waals surface area (Å²) in [4.78, 5) is 2.19. The Balaban J connectivity index is 1.40. The number of anilines is 3. The van der Waals surface area contributed by atoms with E-state index in [-0.39, 0.29) is 0 Å². The molecule has 9 aromatic rings. The van der Waals surface area contributed by atoms with Crippen molar-refractivity contribution < 1.29 is 0 Å². The lowest BCUT2D eigenvalue weighted by molar-refractivity contribution is 1.12. The molecule has 5 nitrogen and oxygen atoms in total. The molecule has 0 saturated carbocycles. The van der Waals surface area contributed by atoms with Crippen LogP contribution in [0.25, 0.3) is 55.0 Å². The fourth-order valence-corrected chi connectivity index (χ4v) is 7.19. The third-order valence-electron chi connectivity index (χ3n) is 9.33. The predicted molar refractivity (Wildman–Crippen MR) is 199 cm³/mol. The van der Waals surface area contributed by atoms with Gasteiger partial charge in [0.1, 0.15) is 0 Å². The Labute approximate surface area is 282 Å². The van der Waals surface area contributed by atoms with Crippen molar-refractivity contribution in [3.8, 4) is 23.5 Å². The lowest BCUT2D eigenvalue weighted by Crippen LogP contribution is -2.12. The van der Waals surface area contributed by atoms with Crippen LogP contribution >= 0.6 is 0 Å². The quantitative estimate of drug-likeness (QED) is 0.191. The molecule has 0 saturated heterocycles. The van der Waals surface area contributed by atoms with Crippen molar-refractivity contribution in [2.75, 3.05) is 4.90 Å². The highest BCUT2D eigenvalue weighted by Crippen LogP contribution is 2.41. The van der Waals surface area contributed by atoms with Crippen LogP contribution in [-0.4, -0.2) is 9.13 Å². The number of para-hydroxylation sites is 4. The van der Waals surface area contributed by atoms with E-state index in [0.717, 1.165) is 50.5 Å². The Morgan fingerprint density at radius 2 is 0.694 bits per heavy atom. The van der Waals surface area contributed by atoms with Gasteiger partial charge in [-0.25, -0.2) is 0 Å². The number of rotatable bonds is 5. The maximum Gasteiger partial charge on any atom is 0.0991 e. The van der Waals surface area contributed by atoms with E-state index in [1.54, 1.807) is 0 Å². The Hall–Kier alpha value is -7.08. The molecule has 0 spiro atoms. The number of nitriles is 2. The Kier molecular flexibility index (Phi) is 6.50. The first-order valence-corrected chi connectivity index (χ1v) is 16.1. The second-order valence-corrected chi connectivity index (χ2v) is 12.1. The maximum absolute atomic E-state index is 9.59. The highest BCUT2D eigenvalue weighted by Gasteiger charge is 2.20. The molecule has 5 heteroatoms. The molecule has 0 atom stereocenters. The van der Waals surface area contributed by atoms with Gasteiger partial charge in [-0.3, -0.25) is 0 Å². The highest BCUT2D eigenvalue weighted by molar-refractivity contribution is 6.10. The monoisotopic (exact) mass is 625 g/mol. The van der Waals surface area contributed by atoms with E-state index in [2.05, 4.69) is 141 Å². The molecule has 0 amide bonds. The number of nitrogens with zero attached hydrogens (tertiary/aromatic N) is 5. The molecule has 0 radical (unpaired) electrons. The Morgan fingerprint density at radius 1 is 0.367 bits per heavy atom. The normalized spacial score (nSPS) is 11.2. The van der Waals surface area contributed by atoms with Gasteiger partial charge in [0.2, 0.25) is 0 Å². The van der Waals surface area contributed by atoms with Crippen LogP contribution in [0.5, 0.6) is 0 Å². The molecule has 228 valence electrons. The van der Waals surface area contributed by atoms with E-state index in [1.165, 1.54) is 21.5 Å². The largest absolute Gasteiger partial charge is 0.310 e. The van der Waals surface area contributed by atoms with Crippen molar-refractivity contribution in [3.63, 3.8) is 0 Å². The third kappa shape index (κ3) is 4.53. The summed E-state index contributed by atoms with van der Waals surface area (Å²) < 4.78 is 4.70. The molecule has 2 aromatic heterocycles. The molecule has 0 bridgehead atoms. The average Bonchev–Trinajstić information content (AvgIpc) is 3.69. The summed E-state index contributed by atoms with van der Waals surface area (Å²) in [6.45, 7) is 0. The molecule has 0 aliphatic rings. The van der Waals surface area contributed by atoms with Gasteiger partial charge in [0.15, 0.2) is 0 Å². The second kappa shape index (κ2) is 11.3. The molecular weight excluding hydrogens is 599 g/mol. The van der Waals surface area contributed by atoms with E-state index >= 15 is 0 Å². The van der Waals surface area contributed by atoms with Gasteiger partial charge in [-0.1, -0.05) is 72.8 Å². The molecule has 9 rings (SSSR count). The van der Waals surface area contributed by atoms with Gasteiger partial charge in [-0.2, -0.15) is 10.5 Å². The van der Waals surface area contributed by atoms with Crippen LogP contribution in [0.2, 0.25) is 0 Å². The molecule has 0 fully saturated rings. The minimum Gasteiger partial charge on any atom is -0.310 e. The summed E-state index contributed by atoms with van der Waals surface area (Å²) in [5, 5.41) is 23.9. The van der Waals surface area contributed by atoms with Crippen molar-refractivity contribution in [2.45, 2.75) is 0 Å². The molecule has 2 heterocycles. The van der Waals surface area contributed by atoms with Gasteiger partial charge in [0.25, 0.3) is 0 Å². The van der Waals surface area contributed by atoms with Crippen molar-refractivity contribution in [1.29, 1.82) is 10.5 Å². The van der Waals surface area contributed by atoms with Crippen molar-refractivity contribution in [2.24, 2.45) is 0 Å². The lowest BCUT2D eigenvalue weighted by Gasteiger charge is -2.27. The number of hydrogen-bond donors (Lipinski definition) is 0. The molecule has 0 N–H and O–H groups in total. The first kappa shape index (κ1) is 28.2. The SMILES string of the molecule is N#Cc1ccc(N(c2ccc(C#N)cc2)c2cc(-n3c4ccccc4c4ccccc43)cc(-n3c4ccccc4c4ccccc43)c2)cc1. The Bertz CT molecular complexity index is 2490. The summed E-state index contributed by atoms with van der Waals surface area (Å²) in [6, 6.07) is 60.7. The molecule has 7 aromatic carbocycles. The zero-order valence-corrected chi connectivity index (χ0v) is 26.3. The van der Waals surface area contributed by atoms with Crippen LogP contribution in [0, 0.1) is 22.7 Å². The summed E-state index contributed by atoms with van der Waals surface area (Å²) in [7, 11) is 0. The van der Waals surface area contributed by atoms with Gasteiger partial charge < -0.3 is 14.0 Å². The summed E-state index contributed by atoms with van der Waals surface area (Å²) >= 11 is 0. The van der Waals surface area contributed by atoms with E-state index in [4.69, 9.17) is 0 Å². The summed E-state index contributed by atoms with van der Waals surface area (Å²) in [5.74, 6) is 0. The van der Waals surface area contributed by atoms with E-state index in [9.17, 15) is 10.5 Å². The van der Waals surface area contributed by atoms with E-state index < -0.39 is 0 Å². The zero-order valence-electron chi connectivity index (χ0n) is 26.3. The van der Waals surface area contributed by atoms with Gasteiger partial charge in [0.05, 0.1) is 62.4 Å². The fraction of sp³-hybridized carbons (Fsp3) is 0. The molecular formula is C44H27N5. The first-order valence-electron chi connectivity index (χ1n) is 16.1. The number of benzene rings is 7. The van der Waals surface area contributed by atoms with Crippen LogP contribution in [0.4, 0.5) is 17.1 Å². The van der Waals surface area contributed by atoms with Crippen LogP contribution in [-0.2, 0) is 0 Å². The average molecular weight is 626 g/mol. The lowest BCUT2D eigenvalue weighted by atomic mass is 10.1. The highest BCUT2D eigenvalue weighted by atomic mass is 15.1. The zero-order chi connectivity index (χ0) is 32.9. The Morgan fingerprint density at radius 3 is 1.02 bits per heavy atom. The van der Waals surface area contributed by atoms with Crippen LogP contribution < -0.4 is 4.90 Å². The smallest absolute Gasteiger partial charge is 0.0991 e. The minimum absolute atomic E-state index is 0.591. The van der Waals surface area contributed by atoms with Gasteiger partial charge >= 0.3 is 0 Å². The fourth-order valence-electron chi connectivity index (χ4n) is 7.19. The third-order valence-corrected chi connectivity index (χ3v) is 9.33. The molecule has 0 aliphatic carbocycles. The van der Waals surface area contributed by atoms with Gasteiger partial charge in [0, 0.05) is 32.9 Å².